The van der Waals surface area contributed by atoms with Gasteiger partial charge in [0.1, 0.15) is 11.1 Å². The number of hydrogen-bond acceptors (Lipinski definition) is 6. The lowest BCUT2D eigenvalue weighted by molar-refractivity contribution is 0.0743. The number of rotatable bonds is 3. The Hall–Kier alpha value is -1.28. The van der Waals surface area contributed by atoms with E-state index in [0.29, 0.717) is 18.0 Å². The summed E-state index contributed by atoms with van der Waals surface area (Å²) in [5.74, 6) is 0.817. The molecule has 8 heteroatoms. The summed E-state index contributed by atoms with van der Waals surface area (Å²) >= 11 is 1.55. The Labute approximate surface area is 122 Å². The summed E-state index contributed by atoms with van der Waals surface area (Å²) in [4.78, 5) is 17.8. The van der Waals surface area contributed by atoms with Crippen LogP contribution >= 0.6 is 11.8 Å². The Morgan fingerprint density at radius 3 is 2.90 bits per heavy atom. The molecular formula is C12H17N3O3S2. The fourth-order valence-electron chi connectivity index (χ4n) is 1.98. The van der Waals surface area contributed by atoms with Crippen LogP contribution in [0.4, 0.5) is 5.69 Å². The van der Waals surface area contributed by atoms with Gasteiger partial charge in [-0.2, -0.15) is 11.8 Å². The molecule has 1 unspecified atom stereocenters. The molecule has 0 aliphatic carbocycles. The molecule has 0 bridgehead atoms. The van der Waals surface area contributed by atoms with Crippen LogP contribution < -0.4 is 5.73 Å². The van der Waals surface area contributed by atoms with Crippen molar-refractivity contribution in [3.05, 3.63) is 24.0 Å². The van der Waals surface area contributed by atoms with Gasteiger partial charge in [-0.25, -0.2) is 13.4 Å². The molecule has 0 saturated carbocycles. The molecule has 20 heavy (non-hydrogen) atoms. The van der Waals surface area contributed by atoms with E-state index in [-0.39, 0.29) is 17.4 Å². The van der Waals surface area contributed by atoms with Crippen molar-refractivity contribution >= 4 is 33.2 Å². The smallest absolute Gasteiger partial charge is 0.273 e. The lowest BCUT2D eigenvalue weighted by Crippen LogP contribution is -2.50. The average Bonchev–Trinajstić information content (AvgIpc) is 2.47. The van der Waals surface area contributed by atoms with Crippen molar-refractivity contribution in [1.82, 2.24) is 9.88 Å². The van der Waals surface area contributed by atoms with Crippen LogP contribution in [0.15, 0.2) is 18.3 Å². The van der Waals surface area contributed by atoms with Gasteiger partial charge in [-0.1, -0.05) is 6.92 Å². The first kappa shape index (κ1) is 15.1. The number of thioether (sulfide) groups is 1. The number of hydrogen-bond donors (Lipinski definition) is 1. The molecular weight excluding hydrogens is 298 g/mol. The number of nitrogen functional groups attached to an aromatic ring is 1. The third-order valence-corrected chi connectivity index (χ3v) is 6.46. The van der Waals surface area contributed by atoms with Crippen LogP contribution in [0.5, 0.6) is 0 Å². The van der Waals surface area contributed by atoms with Gasteiger partial charge in [-0.05, 0) is 12.1 Å². The summed E-state index contributed by atoms with van der Waals surface area (Å²) in [6.07, 6.45) is 1.40. The lowest BCUT2D eigenvalue weighted by atomic mass is 10.3. The summed E-state index contributed by atoms with van der Waals surface area (Å²) in [6, 6.07) is 3.11. The van der Waals surface area contributed by atoms with Gasteiger partial charge in [0.25, 0.3) is 5.91 Å². The van der Waals surface area contributed by atoms with E-state index in [1.165, 1.54) is 17.2 Å². The van der Waals surface area contributed by atoms with Gasteiger partial charge < -0.3 is 10.6 Å². The fourth-order valence-corrected chi connectivity index (χ4v) is 4.95. The van der Waals surface area contributed by atoms with Gasteiger partial charge in [0.15, 0.2) is 9.84 Å². The molecule has 6 nitrogen and oxygen atoms in total. The number of pyridine rings is 1. The molecule has 1 aliphatic rings. The molecule has 2 heterocycles. The van der Waals surface area contributed by atoms with Gasteiger partial charge in [0.05, 0.1) is 11.9 Å². The normalized spacial score (nSPS) is 19.9. The molecule has 0 spiro atoms. The number of nitrogens with zero attached hydrogens (tertiary/aromatic N) is 2. The number of aromatic nitrogens is 1. The zero-order valence-corrected chi connectivity index (χ0v) is 12.8. The third-order valence-electron chi connectivity index (χ3n) is 3.17. The van der Waals surface area contributed by atoms with E-state index in [2.05, 4.69) is 4.98 Å². The summed E-state index contributed by atoms with van der Waals surface area (Å²) in [5, 5.41) is -0.766. The quantitative estimate of drug-likeness (QED) is 0.878. The van der Waals surface area contributed by atoms with E-state index in [0.717, 1.165) is 5.75 Å². The van der Waals surface area contributed by atoms with Crippen molar-refractivity contribution in [1.29, 1.82) is 0 Å². The number of sulfone groups is 1. The monoisotopic (exact) mass is 315 g/mol. The number of nitrogens with two attached hydrogens (primary N) is 1. The molecule has 1 amide bonds. The van der Waals surface area contributed by atoms with E-state index < -0.39 is 15.2 Å². The summed E-state index contributed by atoms with van der Waals surface area (Å²) < 4.78 is 24.2. The zero-order chi connectivity index (χ0) is 14.8. The van der Waals surface area contributed by atoms with Crippen LogP contribution in [0, 0.1) is 0 Å². The molecule has 0 aromatic carbocycles. The maximum Gasteiger partial charge on any atom is 0.273 e. The van der Waals surface area contributed by atoms with Gasteiger partial charge in [-0.3, -0.25) is 4.79 Å². The van der Waals surface area contributed by atoms with E-state index >= 15 is 0 Å². The van der Waals surface area contributed by atoms with E-state index in [4.69, 9.17) is 5.73 Å². The molecule has 1 aliphatic heterocycles. The van der Waals surface area contributed by atoms with Crippen LogP contribution in [-0.4, -0.2) is 53.4 Å². The maximum absolute atomic E-state index is 12.4. The SMILES string of the molecule is CCS(=O)(=O)C1CSCCN1C(=O)c1ccc(N)cn1. The zero-order valence-electron chi connectivity index (χ0n) is 11.2. The molecule has 1 aromatic heterocycles. The Morgan fingerprint density at radius 1 is 1.55 bits per heavy atom. The van der Waals surface area contributed by atoms with E-state index in [1.54, 1.807) is 24.8 Å². The molecule has 110 valence electrons. The first-order valence-corrected chi connectivity index (χ1v) is 9.14. The first-order chi connectivity index (χ1) is 9.45. The second kappa shape index (κ2) is 6.01. The second-order valence-electron chi connectivity index (χ2n) is 4.46. The largest absolute Gasteiger partial charge is 0.397 e. The van der Waals surface area contributed by atoms with E-state index in [1.807, 2.05) is 0 Å². The Balaban J connectivity index is 2.28. The predicted molar refractivity (Wildman–Crippen MR) is 80.3 cm³/mol. The second-order valence-corrected chi connectivity index (χ2v) is 8.05. The molecule has 1 fully saturated rings. The third kappa shape index (κ3) is 3.06. The Kier molecular flexibility index (Phi) is 4.54. The minimum atomic E-state index is -3.30. The number of carbonyl (C=O) groups excluding carboxylic acids is 1. The van der Waals surface area contributed by atoms with Crippen LogP contribution in [0.2, 0.25) is 0 Å². The van der Waals surface area contributed by atoms with Crippen LogP contribution in [-0.2, 0) is 9.84 Å². The highest BCUT2D eigenvalue weighted by atomic mass is 32.2. The van der Waals surface area contributed by atoms with Crippen molar-refractivity contribution in [2.45, 2.75) is 12.3 Å². The Morgan fingerprint density at radius 2 is 2.30 bits per heavy atom. The summed E-state index contributed by atoms with van der Waals surface area (Å²) in [6.45, 7) is 2.01. The predicted octanol–water partition coefficient (Wildman–Crippen LogP) is 0.614. The standard InChI is InChI=1S/C12H17N3O3S2/c1-2-20(17,18)11-8-19-6-5-15(11)12(16)10-4-3-9(13)7-14-10/h3-4,7,11H,2,5-6,8,13H2,1H3. The molecule has 1 atom stereocenters. The van der Waals surface area contributed by atoms with Crippen LogP contribution in [0.1, 0.15) is 17.4 Å². The minimum absolute atomic E-state index is 0.0250. The van der Waals surface area contributed by atoms with Crippen molar-refractivity contribution in [3.63, 3.8) is 0 Å². The van der Waals surface area contributed by atoms with Gasteiger partial charge >= 0.3 is 0 Å². The highest BCUT2D eigenvalue weighted by Gasteiger charge is 2.36. The first-order valence-electron chi connectivity index (χ1n) is 6.27. The summed E-state index contributed by atoms with van der Waals surface area (Å²) in [7, 11) is -3.30. The van der Waals surface area contributed by atoms with Crippen molar-refractivity contribution in [2.24, 2.45) is 0 Å². The van der Waals surface area contributed by atoms with Crippen LogP contribution in [0.25, 0.3) is 0 Å². The lowest BCUT2D eigenvalue weighted by Gasteiger charge is -2.34. The topological polar surface area (TPSA) is 93.4 Å². The maximum atomic E-state index is 12.4. The van der Waals surface area contributed by atoms with Crippen molar-refractivity contribution in [3.8, 4) is 0 Å². The molecule has 0 radical (unpaired) electrons. The Bertz CT molecular complexity index is 586. The average molecular weight is 315 g/mol. The molecule has 2 N–H and O–H groups in total. The highest BCUT2D eigenvalue weighted by molar-refractivity contribution is 8.01. The fraction of sp³-hybridized carbons (Fsp3) is 0.500. The number of carbonyl (C=O) groups is 1. The number of anilines is 1. The molecule has 1 aromatic rings. The van der Waals surface area contributed by atoms with Crippen molar-refractivity contribution < 1.29 is 13.2 Å². The van der Waals surface area contributed by atoms with Gasteiger partial charge in [-0.15, -0.1) is 0 Å². The van der Waals surface area contributed by atoms with Crippen molar-refractivity contribution in [2.75, 3.05) is 29.5 Å². The number of amides is 1. The van der Waals surface area contributed by atoms with Crippen LogP contribution in [0.3, 0.4) is 0 Å². The van der Waals surface area contributed by atoms with Gasteiger partial charge in [0, 0.05) is 23.8 Å². The minimum Gasteiger partial charge on any atom is -0.397 e. The van der Waals surface area contributed by atoms with E-state index in [9.17, 15) is 13.2 Å². The molecule has 1 saturated heterocycles. The highest BCUT2D eigenvalue weighted by Crippen LogP contribution is 2.23. The van der Waals surface area contributed by atoms with Gasteiger partial charge in [0.2, 0.25) is 0 Å². The molecule has 2 rings (SSSR count). The summed E-state index contributed by atoms with van der Waals surface area (Å²) in [5.41, 5.74) is 6.23.